The fourth-order valence-corrected chi connectivity index (χ4v) is 1.97. The van der Waals surface area contributed by atoms with Gasteiger partial charge in [0.05, 0.1) is 5.92 Å². The number of carbonyl (C=O) groups is 2. The number of piperidine rings is 1. The van der Waals surface area contributed by atoms with Crippen LogP contribution in [0, 0.1) is 11.8 Å². The summed E-state index contributed by atoms with van der Waals surface area (Å²) in [6.45, 7) is 5.48. The Bertz CT molecular complexity index is 268. The molecule has 0 aromatic carbocycles. The van der Waals surface area contributed by atoms with E-state index in [2.05, 4.69) is 22.9 Å². The molecule has 1 rings (SSSR count). The third-order valence-corrected chi connectivity index (χ3v) is 2.94. The first-order chi connectivity index (χ1) is 7.54. The molecule has 92 valence electrons. The molecule has 0 aromatic rings. The first kappa shape index (κ1) is 13.0. The molecule has 1 heterocycles. The van der Waals surface area contributed by atoms with E-state index in [1.165, 1.54) is 0 Å². The number of hydrogen-bond acceptors (Lipinski definition) is 3. The molecule has 0 radical (unpaired) electrons. The van der Waals surface area contributed by atoms with E-state index in [9.17, 15) is 9.59 Å². The number of likely N-dealkylation sites (N-methyl/N-ethyl adjacent to an activating group) is 1. The van der Waals surface area contributed by atoms with Crippen LogP contribution in [-0.2, 0) is 9.59 Å². The lowest BCUT2D eigenvalue weighted by Crippen LogP contribution is -2.49. The van der Waals surface area contributed by atoms with Crippen LogP contribution in [-0.4, -0.2) is 38.0 Å². The molecule has 2 amide bonds. The maximum Gasteiger partial charge on any atom is 0.242 e. The summed E-state index contributed by atoms with van der Waals surface area (Å²) in [7, 11) is 1.56. The van der Waals surface area contributed by atoms with Gasteiger partial charge in [-0.05, 0) is 25.8 Å². The standard InChI is InChI=1S/C11H21N3O2/c1-7-4-9(6-13-5-7)11(16)14-8(2)10(15)12-3/h7-9,13H,4-6H2,1-3H3,(H,12,15)(H,14,16). The molecule has 0 aliphatic carbocycles. The Morgan fingerprint density at radius 1 is 1.38 bits per heavy atom. The van der Waals surface area contributed by atoms with Gasteiger partial charge in [0.25, 0.3) is 0 Å². The van der Waals surface area contributed by atoms with Crippen molar-refractivity contribution in [2.24, 2.45) is 11.8 Å². The topological polar surface area (TPSA) is 70.2 Å². The van der Waals surface area contributed by atoms with Gasteiger partial charge in [-0.1, -0.05) is 6.92 Å². The third-order valence-electron chi connectivity index (χ3n) is 2.94. The molecular formula is C11H21N3O2. The number of carbonyl (C=O) groups excluding carboxylic acids is 2. The zero-order valence-corrected chi connectivity index (χ0v) is 10.2. The highest BCUT2D eigenvalue weighted by Gasteiger charge is 2.26. The maximum atomic E-state index is 11.8. The fraction of sp³-hybridized carbons (Fsp3) is 0.818. The predicted molar refractivity (Wildman–Crippen MR) is 61.8 cm³/mol. The van der Waals surface area contributed by atoms with Crippen LogP contribution >= 0.6 is 0 Å². The smallest absolute Gasteiger partial charge is 0.242 e. The summed E-state index contributed by atoms with van der Waals surface area (Å²) in [5.74, 6) is 0.302. The second-order valence-corrected chi connectivity index (χ2v) is 4.54. The minimum absolute atomic E-state index is 0.0177. The van der Waals surface area contributed by atoms with Gasteiger partial charge in [0.2, 0.25) is 11.8 Å². The first-order valence-corrected chi connectivity index (χ1v) is 5.77. The van der Waals surface area contributed by atoms with Crippen LogP contribution in [0.3, 0.4) is 0 Å². The SMILES string of the molecule is CNC(=O)C(C)NC(=O)C1CNCC(C)C1. The summed E-state index contributed by atoms with van der Waals surface area (Å²) in [6, 6.07) is -0.463. The normalized spacial score (nSPS) is 26.9. The lowest BCUT2D eigenvalue weighted by Gasteiger charge is -2.27. The van der Waals surface area contributed by atoms with E-state index in [1.807, 2.05) is 0 Å². The minimum Gasteiger partial charge on any atom is -0.357 e. The summed E-state index contributed by atoms with van der Waals surface area (Å²) in [6.07, 6.45) is 0.888. The molecule has 3 atom stereocenters. The Morgan fingerprint density at radius 3 is 2.62 bits per heavy atom. The quantitative estimate of drug-likeness (QED) is 0.608. The van der Waals surface area contributed by atoms with Crippen LogP contribution in [0.2, 0.25) is 0 Å². The molecule has 5 nitrogen and oxygen atoms in total. The Hall–Kier alpha value is -1.10. The van der Waals surface area contributed by atoms with E-state index < -0.39 is 6.04 Å². The number of amides is 2. The molecule has 0 spiro atoms. The third kappa shape index (κ3) is 3.48. The summed E-state index contributed by atoms with van der Waals surface area (Å²) >= 11 is 0. The Kier molecular flexibility index (Phi) is 4.73. The summed E-state index contributed by atoms with van der Waals surface area (Å²) in [5, 5.41) is 8.46. The molecule has 16 heavy (non-hydrogen) atoms. The van der Waals surface area contributed by atoms with Gasteiger partial charge in [0.15, 0.2) is 0 Å². The van der Waals surface area contributed by atoms with Gasteiger partial charge in [0.1, 0.15) is 6.04 Å². The number of nitrogens with one attached hydrogen (secondary N) is 3. The van der Waals surface area contributed by atoms with Crippen molar-refractivity contribution in [1.82, 2.24) is 16.0 Å². The second kappa shape index (κ2) is 5.84. The van der Waals surface area contributed by atoms with Crippen molar-refractivity contribution in [2.75, 3.05) is 20.1 Å². The van der Waals surface area contributed by atoms with Gasteiger partial charge in [0, 0.05) is 13.6 Å². The van der Waals surface area contributed by atoms with E-state index in [-0.39, 0.29) is 17.7 Å². The highest BCUT2D eigenvalue weighted by Crippen LogP contribution is 2.15. The highest BCUT2D eigenvalue weighted by atomic mass is 16.2. The molecular weight excluding hydrogens is 206 g/mol. The Labute approximate surface area is 96.4 Å². The van der Waals surface area contributed by atoms with Crippen molar-refractivity contribution >= 4 is 11.8 Å². The molecule has 0 saturated carbocycles. The van der Waals surface area contributed by atoms with Gasteiger partial charge in [-0.15, -0.1) is 0 Å². The number of hydrogen-bond donors (Lipinski definition) is 3. The molecule has 0 bridgehead atoms. The van der Waals surface area contributed by atoms with Crippen molar-refractivity contribution in [3.05, 3.63) is 0 Å². The van der Waals surface area contributed by atoms with Crippen LogP contribution in [0.15, 0.2) is 0 Å². The number of rotatable bonds is 3. The van der Waals surface area contributed by atoms with Crippen LogP contribution in [0.1, 0.15) is 20.3 Å². The average Bonchev–Trinajstić information content (AvgIpc) is 2.27. The van der Waals surface area contributed by atoms with Gasteiger partial charge >= 0.3 is 0 Å². The van der Waals surface area contributed by atoms with Gasteiger partial charge < -0.3 is 16.0 Å². The monoisotopic (exact) mass is 227 g/mol. The van der Waals surface area contributed by atoms with Crippen LogP contribution in [0.5, 0.6) is 0 Å². The molecule has 1 saturated heterocycles. The molecule has 3 unspecified atom stereocenters. The molecule has 1 aliphatic heterocycles. The van der Waals surface area contributed by atoms with E-state index in [0.717, 1.165) is 13.0 Å². The molecule has 5 heteroatoms. The summed E-state index contributed by atoms with van der Waals surface area (Å²) < 4.78 is 0. The van der Waals surface area contributed by atoms with E-state index >= 15 is 0 Å². The van der Waals surface area contributed by atoms with Crippen molar-refractivity contribution in [1.29, 1.82) is 0 Å². The molecule has 0 aromatic heterocycles. The van der Waals surface area contributed by atoms with Crippen LogP contribution < -0.4 is 16.0 Å². The minimum atomic E-state index is -0.463. The first-order valence-electron chi connectivity index (χ1n) is 5.77. The Balaban J connectivity index is 2.42. The van der Waals surface area contributed by atoms with Gasteiger partial charge in [-0.25, -0.2) is 0 Å². The van der Waals surface area contributed by atoms with Crippen molar-refractivity contribution in [2.45, 2.75) is 26.3 Å². The molecule has 3 N–H and O–H groups in total. The maximum absolute atomic E-state index is 11.8. The van der Waals surface area contributed by atoms with E-state index in [1.54, 1.807) is 14.0 Å². The lowest BCUT2D eigenvalue weighted by molar-refractivity contribution is -0.131. The summed E-state index contributed by atoms with van der Waals surface area (Å²) in [4.78, 5) is 23.1. The average molecular weight is 227 g/mol. The van der Waals surface area contributed by atoms with Crippen LogP contribution in [0.25, 0.3) is 0 Å². The fourth-order valence-electron chi connectivity index (χ4n) is 1.97. The van der Waals surface area contributed by atoms with Crippen molar-refractivity contribution in [3.8, 4) is 0 Å². The zero-order valence-electron chi connectivity index (χ0n) is 10.2. The highest BCUT2D eigenvalue weighted by molar-refractivity contribution is 5.88. The molecule has 1 aliphatic rings. The molecule has 1 fully saturated rings. The largest absolute Gasteiger partial charge is 0.357 e. The van der Waals surface area contributed by atoms with Gasteiger partial charge in [-0.3, -0.25) is 9.59 Å². The lowest BCUT2D eigenvalue weighted by atomic mass is 9.91. The Morgan fingerprint density at radius 2 is 2.06 bits per heavy atom. The second-order valence-electron chi connectivity index (χ2n) is 4.54. The van der Waals surface area contributed by atoms with Crippen LogP contribution in [0.4, 0.5) is 0 Å². The van der Waals surface area contributed by atoms with E-state index in [4.69, 9.17) is 0 Å². The zero-order chi connectivity index (χ0) is 12.1. The summed E-state index contributed by atoms with van der Waals surface area (Å²) in [5.41, 5.74) is 0. The van der Waals surface area contributed by atoms with Crippen molar-refractivity contribution < 1.29 is 9.59 Å². The van der Waals surface area contributed by atoms with E-state index in [0.29, 0.717) is 12.5 Å². The van der Waals surface area contributed by atoms with Gasteiger partial charge in [-0.2, -0.15) is 0 Å². The van der Waals surface area contributed by atoms with Crippen molar-refractivity contribution in [3.63, 3.8) is 0 Å². The predicted octanol–water partition coefficient (Wildman–Crippen LogP) is -0.517.